The van der Waals surface area contributed by atoms with E-state index < -0.39 is 6.04 Å². The summed E-state index contributed by atoms with van der Waals surface area (Å²) in [6.07, 6.45) is 3.49. The van der Waals surface area contributed by atoms with Gasteiger partial charge in [-0.2, -0.15) is 4.98 Å². The topological polar surface area (TPSA) is 90.5 Å². The van der Waals surface area contributed by atoms with Gasteiger partial charge in [-0.05, 0) is 37.5 Å². The fraction of sp³-hybridized carbons (Fsp3) is 0.455. The maximum Gasteiger partial charge on any atom is 0.245 e. The van der Waals surface area contributed by atoms with Crippen molar-refractivity contribution in [1.29, 1.82) is 0 Å². The minimum atomic E-state index is -0.415. The lowest BCUT2D eigenvalue weighted by Gasteiger charge is -2.37. The van der Waals surface area contributed by atoms with E-state index in [2.05, 4.69) is 20.6 Å². The van der Waals surface area contributed by atoms with Gasteiger partial charge in [0.25, 0.3) is 0 Å². The Kier molecular flexibility index (Phi) is 7.46. The van der Waals surface area contributed by atoms with Crippen molar-refractivity contribution in [3.63, 3.8) is 0 Å². The second-order valence-corrected chi connectivity index (χ2v) is 9.47. The van der Waals surface area contributed by atoms with E-state index in [1.54, 1.807) is 23.2 Å². The van der Waals surface area contributed by atoms with Crippen LogP contribution in [0.15, 0.2) is 24.4 Å². The molecular formula is C22H25Cl3N6O2. The van der Waals surface area contributed by atoms with Gasteiger partial charge in [-0.1, -0.05) is 40.9 Å². The Morgan fingerprint density at radius 3 is 2.64 bits per heavy atom. The summed E-state index contributed by atoms with van der Waals surface area (Å²) in [5.74, 6) is 0.968. The van der Waals surface area contributed by atoms with Crippen molar-refractivity contribution < 1.29 is 9.59 Å². The van der Waals surface area contributed by atoms with Crippen molar-refractivity contribution in [3.05, 3.63) is 45.0 Å². The first kappa shape index (κ1) is 23.9. The summed E-state index contributed by atoms with van der Waals surface area (Å²) in [6, 6.07) is 4.77. The Hall–Kier alpha value is -2.29. The molecule has 0 saturated carbocycles. The molecule has 4 rings (SSSR count). The highest BCUT2D eigenvalue weighted by molar-refractivity contribution is 6.35. The van der Waals surface area contributed by atoms with Gasteiger partial charge in [0.15, 0.2) is 5.82 Å². The number of anilines is 2. The number of nitrogens with zero attached hydrogens (tertiary/aromatic N) is 4. The fourth-order valence-electron chi connectivity index (χ4n) is 4.08. The molecule has 0 bridgehead atoms. The molecule has 2 aromatic rings. The van der Waals surface area contributed by atoms with E-state index in [0.717, 1.165) is 12.0 Å². The molecule has 1 aromatic heterocycles. The third-order valence-corrected chi connectivity index (χ3v) is 6.76. The third-order valence-electron chi connectivity index (χ3n) is 5.92. The van der Waals surface area contributed by atoms with Gasteiger partial charge >= 0.3 is 0 Å². The largest absolute Gasteiger partial charge is 0.362 e. The molecule has 2 aliphatic heterocycles. The lowest BCUT2D eigenvalue weighted by atomic mass is 10.0. The highest BCUT2D eigenvalue weighted by Gasteiger charge is 2.31. The number of hydrogen-bond donors (Lipinski definition) is 2. The van der Waals surface area contributed by atoms with Gasteiger partial charge in [-0.15, -0.1) is 0 Å². The van der Waals surface area contributed by atoms with Crippen molar-refractivity contribution in [2.75, 3.05) is 36.4 Å². The number of rotatable bonds is 5. The molecule has 0 aliphatic carbocycles. The predicted octanol–water partition coefficient (Wildman–Crippen LogP) is 3.93. The molecule has 2 fully saturated rings. The highest BCUT2D eigenvalue weighted by atomic mass is 35.5. The number of hydrogen-bond acceptors (Lipinski definition) is 6. The Morgan fingerprint density at radius 2 is 1.94 bits per heavy atom. The van der Waals surface area contributed by atoms with Crippen molar-refractivity contribution >= 4 is 58.4 Å². The molecular weight excluding hydrogens is 487 g/mol. The van der Waals surface area contributed by atoms with Gasteiger partial charge in [-0.3, -0.25) is 9.59 Å². The molecule has 33 heavy (non-hydrogen) atoms. The number of piperazine rings is 1. The SMILES string of the molecule is C[C@@H](Nc1nc(N2CCN(C(=O)C3CCCC(=O)N3)CC2)ncc1Cl)c1ccc(Cl)cc1Cl. The van der Waals surface area contributed by atoms with Gasteiger partial charge in [0, 0.05) is 42.6 Å². The summed E-state index contributed by atoms with van der Waals surface area (Å²) in [5, 5.41) is 7.63. The van der Waals surface area contributed by atoms with E-state index in [9.17, 15) is 9.59 Å². The minimum Gasteiger partial charge on any atom is -0.362 e. The monoisotopic (exact) mass is 510 g/mol. The van der Waals surface area contributed by atoms with E-state index in [-0.39, 0.29) is 17.9 Å². The molecule has 2 atom stereocenters. The zero-order valence-electron chi connectivity index (χ0n) is 18.2. The summed E-state index contributed by atoms with van der Waals surface area (Å²) in [7, 11) is 0. The van der Waals surface area contributed by atoms with Crippen LogP contribution in [0.4, 0.5) is 11.8 Å². The van der Waals surface area contributed by atoms with Gasteiger partial charge in [0.1, 0.15) is 11.1 Å². The van der Waals surface area contributed by atoms with E-state index in [1.807, 2.05) is 17.9 Å². The van der Waals surface area contributed by atoms with Crippen LogP contribution in [-0.4, -0.2) is 58.9 Å². The van der Waals surface area contributed by atoms with Crippen LogP contribution in [0.1, 0.15) is 37.8 Å². The molecule has 8 nitrogen and oxygen atoms in total. The number of amides is 2. The summed E-state index contributed by atoms with van der Waals surface area (Å²) < 4.78 is 0. The standard InChI is InChI=1S/C22H25Cl3N6O2/c1-13(15-6-5-14(23)11-16(15)24)27-20-17(25)12-26-22(29-20)31-9-7-30(8-10-31)21(33)18-3-2-4-19(32)28-18/h5-6,11-13,18H,2-4,7-10H2,1H3,(H,28,32)(H,26,27,29)/t13-,18?/m1/s1. The van der Waals surface area contributed by atoms with Crippen LogP contribution in [0, 0.1) is 0 Å². The van der Waals surface area contributed by atoms with Crippen LogP contribution in [0.3, 0.4) is 0 Å². The summed E-state index contributed by atoms with van der Waals surface area (Å²) in [5.41, 5.74) is 0.874. The average Bonchev–Trinajstić information content (AvgIpc) is 2.80. The first-order valence-corrected chi connectivity index (χ1v) is 12.0. The number of benzene rings is 1. The van der Waals surface area contributed by atoms with E-state index in [0.29, 0.717) is 65.9 Å². The van der Waals surface area contributed by atoms with E-state index in [1.165, 1.54) is 0 Å². The molecule has 3 heterocycles. The Labute approximate surface area is 207 Å². The molecule has 1 aromatic carbocycles. The molecule has 1 unspecified atom stereocenters. The molecule has 2 amide bonds. The second kappa shape index (κ2) is 10.3. The summed E-state index contributed by atoms with van der Waals surface area (Å²) in [4.78, 5) is 37.2. The Bertz CT molecular complexity index is 1040. The molecule has 11 heteroatoms. The van der Waals surface area contributed by atoms with Crippen molar-refractivity contribution in [2.45, 2.75) is 38.3 Å². The van der Waals surface area contributed by atoms with Gasteiger partial charge in [0.05, 0.1) is 12.2 Å². The normalized spacial score (nSPS) is 19.8. The first-order valence-electron chi connectivity index (χ1n) is 10.9. The average molecular weight is 512 g/mol. The molecule has 0 radical (unpaired) electrons. The minimum absolute atomic E-state index is 0.0178. The van der Waals surface area contributed by atoms with Crippen LogP contribution in [0.2, 0.25) is 15.1 Å². The molecule has 0 spiro atoms. The first-order chi connectivity index (χ1) is 15.8. The number of carbonyl (C=O) groups is 2. The summed E-state index contributed by atoms with van der Waals surface area (Å²) >= 11 is 18.7. The zero-order chi connectivity index (χ0) is 23.5. The predicted molar refractivity (Wildman–Crippen MR) is 130 cm³/mol. The molecule has 2 N–H and O–H groups in total. The number of aromatic nitrogens is 2. The molecule has 2 saturated heterocycles. The van der Waals surface area contributed by atoms with Crippen molar-refractivity contribution in [1.82, 2.24) is 20.2 Å². The van der Waals surface area contributed by atoms with Crippen LogP contribution >= 0.6 is 34.8 Å². The second-order valence-electron chi connectivity index (χ2n) is 8.22. The Balaban J connectivity index is 1.40. The van der Waals surface area contributed by atoms with Gasteiger partial charge in [-0.25, -0.2) is 4.98 Å². The van der Waals surface area contributed by atoms with Gasteiger partial charge < -0.3 is 20.4 Å². The third kappa shape index (κ3) is 5.62. The van der Waals surface area contributed by atoms with Crippen LogP contribution in [0.25, 0.3) is 0 Å². The van der Waals surface area contributed by atoms with Crippen molar-refractivity contribution in [2.24, 2.45) is 0 Å². The quantitative estimate of drug-likeness (QED) is 0.632. The van der Waals surface area contributed by atoms with Crippen LogP contribution in [-0.2, 0) is 9.59 Å². The lowest BCUT2D eigenvalue weighted by Crippen LogP contribution is -2.56. The number of carbonyl (C=O) groups excluding carboxylic acids is 2. The molecule has 176 valence electrons. The maximum absolute atomic E-state index is 12.8. The Morgan fingerprint density at radius 1 is 1.18 bits per heavy atom. The highest BCUT2D eigenvalue weighted by Crippen LogP contribution is 2.30. The van der Waals surface area contributed by atoms with Gasteiger partial charge in [0.2, 0.25) is 17.8 Å². The zero-order valence-corrected chi connectivity index (χ0v) is 20.4. The molecule has 2 aliphatic rings. The summed E-state index contributed by atoms with van der Waals surface area (Å²) in [6.45, 7) is 4.22. The number of piperidine rings is 1. The van der Waals surface area contributed by atoms with Crippen LogP contribution in [0.5, 0.6) is 0 Å². The van der Waals surface area contributed by atoms with E-state index in [4.69, 9.17) is 34.8 Å². The van der Waals surface area contributed by atoms with E-state index >= 15 is 0 Å². The smallest absolute Gasteiger partial charge is 0.245 e. The lowest BCUT2D eigenvalue weighted by molar-refractivity contribution is -0.138. The van der Waals surface area contributed by atoms with Crippen molar-refractivity contribution in [3.8, 4) is 0 Å². The van der Waals surface area contributed by atoms with Crippen LogP contribution < -0.4 is 15.5 Å². The maximum atomic E-state index is 12.8. The number of nitrogens with one attached hydrogen (secondary N) is 2. The number of halogens is 3. The fourth-order valence-corrected chi connectivity index (χ4v) is 4.80.